The third kappa shape index (κ3) is 5.71. The molecular formula is C16H17NO5S. The van der Waals surface area contributed by atoms with Crippen molar-refractivity contribution in [1.29, 1.82) is 0 Å². The van der Waals surface area contributed by atoms with Crippen molar-refractivity contribution in [1.82, 2.24) is 5.32 Å². The number of benzene rings is 1. The fourth-order valence-corrected chi connectivity index (χ4v) is 2.94. The van der Waals surface area contributed by atoms with Gasteiger partial charge in [-0.3, -0.25) is 9.00 Å². The summed E-state index contributed by atoms with van der Waals surface area (Å²) in [6.45, 7) is 0.476. The molecule has 2 rings (SSSR count). The minimum Gasteiger partial charge on any atom is -0.475 e. The topological polar surface area (TPSA) is 96.6 Å². The average molecular weight is 335 g/mol. The number of nitrogens with one attached hydrogen (secondary N) is 1. The third-order valence-corrected chi connectivity index (χ3v) is 4.24. The molecule has 0 aliphatic heterocycles. The number of rotatable bonds is 8. The lowest BCUT2D eigenvalue weighted by atomic mass is 10.1. The molecule has 2 aromatic rings. The van der Waals surface area contributed by atoms with Gasteiger partial charge in [0.2, 0.25) is 11.7 Å². The van der Waals surface area contributed by atoms with Gasteiger partial charge in [-0.25, -0.2) is 4.79 Å². The van der Waals surface area contributed by atoms with Crippen LogP contribution in [0, 0.1) is 0 Å². The van der Waals surface area contributed by atoms with Crippen molar-refractivity contribution < 1.29 is 23.3 Å². The van der Waals surface area contributed by atoms with Gasteiger partial charge >= 0.3 is 5.97 Å². The first-order chi connectivity index (χ1) is 11.0. The zero-order valence-corrected chi connectivity index (χ0v) is 13.2. The van der Waals surface area contributed by atoms with Crippen molar-refractivity contribution in [2.75, 3.05) is 12.3 Å². The summed E-state index contributed by atoms with van der Waals surface area (Å²) in [5.74, 6) is -1.52. The van der Waals surface area contributed by atoms with Crippen LogP contribution in [-0.2, 0) is 27.8 Å². The van der Waals surface area contributed by atoms with Crippen molar-refractivity contribution in [3.63, 3.8) is 0 Å². The van der Waals surface area contributed by atoms with Crippen molar-refractivity contribution >= 4 is 22.7 Å². The Hall–Kier alpha value is -2.41. The van der Waals surface area contributed by atoms with Crippen molar-refractivity contribution in [3.05, 3.63) is 59.5 Å². The first-order valence-corrected chi connectivity index (χ1v) is 8.51. The molecule has 0 aliphatic carbocycles. The zero-order chi connectivity index (χ0) is 16.7. The Morgan fingerprint density at radius 3 is 2.52 bits per heavy atom. The Balaban J connectivity index is 1.71. The Labute approximate surface area is 136 Å². The molecule has 0 saturated carbocycles. The standard InChI is InChI=1S/C16H17NO5S/c18-15(17-9-8-12-4-2-1-3-5-12)11-23(21)10-13-6-7-14(22-13)16(19)20/h1-7H,8-11H2,(H,17,18)(H,19,20). The van der Waals surface area contributed by atoms with E-state index in [4.69, 9.17) is 9.52 Å². The van der Waals surface area contributed by atoms with Crippen LogP contribution in [0.25, 0.3) is 0 Å². The van der Waals surface area contributed by atoms with E-state index in [1.54, 1.807) is 0 Å². The second kappa shape index (κ2) is 8.28. The molecule has 122 valence electrons. The normalized spacial score (nSPS) is 11.8. The summed E-state index contributed by atoms with van der Waals surface area (Å²) in [4.78, 5) is 22.4. The van der Waals surface area contributed by atoms with E-state index in [9.17, 15) is 13.8 Å². The number of hydrogen-bond acceptors (Lipinski definition) is 4. The lowest BCUT2D eigenvalue weighted by Crippen LogP contribution is -2.30. The molecule has 0 saturated heterocycles. The number of aromatic carboxylic acids is 1. The van der Waals surface area contributed by atoms with Gasteiger partial charge in [-0.2, -0.15) is 0 Å². The second-order valence-electron chi connectivity index (χ2n) is 4.89. The number of amides is 1. The van der Waals surface area contributed by atoms with Crippen molar-refractivity contribution in [3.8, 4) is 0 Å². The highest BCUT2D eigenvalue weighted by Gasteiger charge is 2.13. The fraction of sp³-hybridized carbons (Fsp3) is 0.250. The van der Waals surface area contributed by atoms with Gasteiger partial charge in [0.05, 0.1) is 5.75 Å². The fourth-order valence-electron chi connectivity index (χ4n) is 1.97. The molecule has 0 spiro atoms. The molecular weight excluding hydrogens is 318 g/mol. The van der Waals surface area contributed by atoms with Crippen LogP contribution in [0.2, 0.25) is 0 Å². The highest BCUT2D eigenvalue weighted by atomic mass is 32.2. The lowest BCUT2D eigenvalue weighted by Gasteiger charge is -2.05. The van der Waals surface area contributed by atoms with E-state index in [0.29, 0.717) is 13.0 Å². The zero-order valence-electron chi connectivity index (χ0n) is 12.4. The summed E-state index contributed by atoms with van der Waals surface area (Å²) in [5, 5.41) is 11.4. The van der Waals surface area contributed by atoms with E-state index in [1.165, 1.54) is 12.1 Å². The van der Waals surface area contributed by atoms with Crippen LogP contribution in [0.4, 0.5) is 0 Å². The van der Waals surface area contributed by atoms with Gasteiger partial charge in [0.25, 0.3) is 0 Å². The maximum atomic E-state index is 11.9. The SMILES string of the molecule is O=C(CS(=O)Cc1ccc(C(=O)O)o1)NCCc1ccccc1. The number of hydrogen-bond donors (Lipinski definition) is 2. The quantitative estimate of drug-likeness (QED) is 0.763. The maximum Gasteiger partial charge on any atom is 0.371 e. The van der Waals surface area contributed by atoms with E-state index in [1.807, 2.05) is 30.3 Å². The van der Waals surface area contributed by atoms with Crippen LogP contribution >= 0.6 is 0 Å². The molecule has 6 nitrogen and oxygen atoms in total. The first kappa shape index (κ1) is 17.0. The molecule has 1 heterocycles. The minimum atomic E-state index is -1.45. The average Bonchev–Trinajstić information content (AvgIpc) is 2.97. The van der Waals surface area contributed by atoms with Crippen molar-refractivity contribution in [2.24, 2.45) is 0 Å². The monoisotopic (exact) mass is 335 g/mol. The predicted octanol–water partition coefficient (Wildman–Crippen LogP) is 1.59. The summed E-state index contributed by atoms with van der Waals surface area (Å²) >= 11 is 0. The smallest absolute Gasteiger partial charge is 0.371 e. The van der Waals surface area contributed by atoms with Crippen molar-refractivity contribution in [2.45, 2.75) is 12.2 Å². The van der Waals surface area contributed by atoms with Gasteiger partial charge < -0.3 is 14.8 Å². The molecule has 0 bridgehead atoms. The van der Waals surface area contributed by atoms with Gasteiger partial charge in [0.15, 0.2) is 0 Å². The molecule has 1 aromatic heterocycles. The number of carboxylic acids is 1. The number of carboxylic acid groups (broad SMARTS) is 1. The Bertz CT molecular complexity index is 696. The Morgan fingerprint density at radius 2 is 1.87 bits per heavy atom. The molecule has 1 aromatic carbocycles. The molecule has 0 radical (unpaired) electrons. The van der Waals surface area contributed by atoms with Gasteiger partial charge in [-0.05, 0) is 24.1 Å². The minimum absolute atomic E-state index is 0.0133. The lowest BCUT2D eigenvalue weighted by molar-refractivity contribution is -0.118. The molecule has 7 heteroatoms. The molecule has 23 heavy (non-hydrogen) atoms. The van der Waals surface area contributed by atoms with Crippen LogP contribution in [-0.4, -0.2) is 33.5 Å². The molecule has 1 amide bonds. The predicted molar refractivity (Wildman–Crippen MR) is 85.5 cm³/mol. The first-order valence-electron chi connectivity index (χ1n) is 7.02. The number of carbonyl (C=O) groups excluding carboxylic acids is 1. The highest BCUT2D eigenvalue weighted by molar-refractivity contribution is 7.84. The summed E-state index contributed by atoms with van der Waals surface area (Å²) < 4.78 is 16.9. The van der Waals surface area contributed by atoms with E-state index >= 15 is 0 Å². The van der Waals surface area contributed by atoms with Crippen LogP contribution in [0.1, 0.15) is 21.9 Å². The van der Waals surface area contributed by atoms with E-state index < -0.39 is 16.8 Å². The van der Waals surface area contributed by atoms with Crippen LogP contribution < -0.4 is 5.32 Å². The highest BCUT2D eigenvalue weighted by Crippen LogP contribution is 2.10. The molecule has 1 atom stereocenters. The molecule has 0 aliphatic rings. The van der Waals surface area contributed by atoms with E-state index in [-0.39, 0.29) is 28.9 Å². The van der Waals surface area contributed by atoms with E-state index in [0.717, 1.165) is 5.56 Å². The van der Waals surface area contributed by atoms with Crippen LogP contribution in [0.15, 0.2) is 46.9 Å². The summed E-state index contributed by atoms with van der Waals surface area (Å²) in [6.07, 6.45) is 0.708. The maximum absolute atomic E-state index is 11.9. The molecule has 2 N–H and O–H groups in total. The second-order valence-corrected chi connectivity index (χ2v) is 6.34. The summed E-state index contributed by atoms with van der Waals surface area (Å²) in [7, 11) is -1.45. The van der Waals surface area contributed by atoms with Crippen LogP contribution in [0.3, 0.4) is 0 Å². The van der Waals surface area contributed by atoms with Crippen LogP contribution in [0.5, 0.6) is 0 Å². The van der Waals surface area contributed by atoms with Gasteiger partial charge in [0.1, 0.15) is 11.5 Å². The number of carbonyl (C=O) groups is 2. The summed E-state index contributed by atoms with van der Waals surface area (Å²) in [5.41, 5.74) is 1.12. The van der Waals surface area contributed by atoms with E-state index in [2.05, 4.69) is 5.32 Å². The van der Waals surface area contributed by atoms with Gasteiger partial charge in [0, 0.05) is 17.3 Å². The molecule has 1 unspecified atom stereocenters. The Kier molecular flexibility index (Phi) is 6.10. The molecule has 0 fully saturated rings. The summed E-state index contributed by atoms with van der Waals surface area (Å²) in [6, 6.07) is 12.5. The van der Waals surface area contributed by atoms with Gasteiger partial charge in [-0.15, -0.1) is 0 Å². The largest absolute Gasteiger partial charge is 0.475 e. The number of furan rings is 1. The Morgan fingerprint density at radius 1 is 1.13 bits per heavy atom. The van der Waals surface area contributed by atoms with Gasteiger partial charge in [-0.1, -0.05) is 30.3 Å². The third-order valence-electron chi connectivity index (χ3n) is 3.05.